The number of fused-ring (bicyclic) bond motifs is 7. The summed E-state index contributed by atoms with van der Waals surface area (Å²) in [7, 11) is 0. The average molecular weight is 503 g/mol. The van der Waals surface area contributed by atoms with Gasteiger partial charge >= 0.3 is 5.97 Å². The Morgan fingerprint density at radius 2 is 1.44 bits per heavy atom. The van der Waals surface area contributed by atoms with Gasteiger partial charge in [0, 0.05) is 11.8 Å². The quantitative estimate of drug-likeness (QED) is 0.363. The molecule has 0 heterocycles. The number of rotatable bonds is 1. The largest absolute Gasteiger partial charge is 0.481 e. The van der Waals surface area contributed by atoms with E-state index < -0.39 is 11.4 Å². The molecular weight excluding hydrogens is 444 g/mol. The van der Waals surface area contributed by atoms with E-state index in [1.54, 1.807) is 6.08 Å². The second kappa shape index (κ2) is 11.7. The fraction of sp³-hybridized carbons (Fsp3) is 0.879. The van der Waals surface area contributed by atoms with Gasteiger partial charge in [-0.25, -0.2) is 0 Å². The molecule has 5 fully saturated rings. The molecule has 8 unspecified atom stereocenters. The van der Waals surface area contributed by atoms with Crippen molar-refractivity contribution in [1.29, 1.82) is 0 Å². The molecule has 3 nitrogen and oxygen atoms in total. The summed E-state index contributed by atoms with van der Waals surface area (Å²) in [5.41, 5.74) is 0.0106. The minimum absolute atomic E-state index is 0.179. The number of carboxylic acids is 1. The lowest BCUT2D eigenvalue weighted by molar-refractivity contribution is -0.200. The molecule has 0 bridgehead atoms. The van der Waals surface area contributed by atoms with Crippen molar-refractivity contribution < 1.29 is 14.7 Å². The maximum Gasteiger partial charge on any atom is 0.309 e. The smallest absolute Gasteiger partial charge is 0.309 e. The van der Waals surface area contributed by atoms with E-state index in [-0.39, 0.29) is 10.8 Å². The molecule has 208 valence electrons. The lowest BCUT2D eigenvalue weighted by Gasteiger charge is -2.68. The van der Waals surface area contributed by atoms with E-state index in [9.17, 15) is 14.7 Å². The van der Waals surface area contributed by atoms with Crippen LogP contribution in [0.2, 0.25) is 0 Å². The van der Waals surface area contributed by atoms with Crippen molar-refractivity contribution in [3.05, 3.63) is 12.7 Å². The molecule has 0 aromatic rings. The van der Waals surface area contributed by atoms with Crippen LogP contribution in [0.25, 0.3) is 0 Å². The van der Waals surface area contributed by atoms with Gasteiger partial charge in [0.1, 0.15) is 5.78 Å². The SMILES string of the molecule is C=CC.CC.CC.CC1(C)C(=O)CCC2(C)C1CCC1(C)C3CCC4(C(=O)O)CCCC4C3CCC12. The van der Waals surface area contributed by atoms with Gasteiger partial charge < -0.3 is 5.11 Å². The predicted octanol–water partition coefficient (Wildman–Crippen LogP) is 9.35. The molecule has 0 saturated heterocycles. The van der Waals surface area contributed by atoms with Crippen LogP contribution in [0, 0.1) is 51.2 Å². The summed E-state index contributed by atoms with van der Waals surface area (Å²) in [6, 6.07) is 0. The Balaban J connectivity index is 0.000000596. The first kappa shape index (κ1) is 31.1. The van der Waals surface area contributed by atoms with Crippen LogP contribution in [0.1, 0.15) is 133 Å². The number of ketones is 1. The zero-order valence-corrected chi connectivity index (χ0v) is 25.2. The van der Waals surface area contributed by atoms with Crippen molar-refractivity contribution in [2.24, 2.45) is 51.2 Å². The summed E-state index contributed by atoms with van der Waals surface area (Å²) in [5, 5.41) is 10.1. The Morgan fingerprint density at radius 1 is 0.833 bits per heavy atom. The average Bonchev–Trinajstić information content (AvgIpc) is 3.31. The molecule has 0 aromatic carbocycles. The fourth-order valence-corrected chi connectivity index (χ4v) is 10.4. The van der Waals surface area contributed by atoms with E-state index in [1.807, 2.05) is 34.6 Å². The third kappa shape index (κ3) is 4.64. The Labute approximate surface area is 223 Å². The summed E-state index contributed by atoms with van der Waals surface area (Å²) in [4.78, 5) is 25.1. The Hall–Kier alpha value is -1.12. The van der Waals surface area contributed by atoms with Crippen molar-refractivity contribution >= 4 is 11.8 Å². The molecule has 5 aliphatic carbocycles. The Morgan fingerprint density at radius 3 is 2.03 bits per heavy atom. The molecule has 1 N–H and O–H groups in total. The van der Waals surface area contributed by atoms with Crippen molar-refractivity contribution in [2.45, 2.75) is 133 Å². The van der Waals surface area contributed by atoms with E-state index in [0.29, 0.717) is 40.8 Å². The summed E-state index contributed by atoms with van der Waals surface area (Å²) in [6.45, 7) is 22.8. The topological polar surface area (TPSA) is 54.4 Å². The maximum atomic E-state index is 12.7. The normalized spacial score (nSPS) is 43.7. The van der Waals surface area contributed by atoms with Crippen LogP contribution in [0.3, 0.4) is 0 Å². The number of carbonyl (C=O) groups excluding carboxylic acids is 1. The van der Waals surface area contributed by atoms with E-state index in [4.69, 9.17) is 0 Å². The van der Waals surface area contributed by atoms with Gasteiger partial charge in [0.15, 0.2) is 0 Å². The lowest BCUT2D eigenvalue weighted by atomic mass is 9.36. The highest BCUT2D eigenvalue weighted by Crippen LogP contribution is 2.72. The van der Waals surface area contributed by atoms with Crippen molar-refractivity contribution in [1.82, 2.24) is 0 Å². The van der Waals surface area contributed by atoms with Gasteiger partial charge in [-0.3, -0.25) is 9.59 Å². The maximum absolute atomic E-state index is 12.7. The Bertz CT molecular complexity index is 784. The molecule has 5 rings (SSSR count). The van der Waals surface area contributed by atoms with Crippen LogP contribution >= 0.6 is 0 Å². The highest BCUT2D eigenvalue weighted by molar-refractivity contribution is 5.85. The van der Waals surface area contributed by atoms with Crippen LogP contribution in [-0.4, -0.2) is 16.9 Å². The highest BCUT2D eigenvalue weighted by Gasteiger charge is 2.67. The number of aliphatic carboxylic acids is 1. The van der Waals surface area contributed by atoms with Gasteiger partial charge in [0.05, 0.1) is 5.41 Å². The number of carbonyl (C=O) groups is 2. The third-order valence-electron chi connectivity index (χ3n) is 11.7. The van der Waals surface area contributed by atoms with Crippen LogP contribution < -0.4 is 0 Å². The van der Waals surface area contributed by atoms with E-state index in [1.165, 1.54) is 25.7 Å². The third-order valence-corrected chi connectivity index (χ3v) is 11.7. The molecule has 0 amide bonds. The van der Waals surface area contributed by atoms with Crippen molar-refractivity contribution in [3.63, 3.8) is 0 Å². The second-order valence-electron chi connectivity index (χ2n) is 13.1. The van der Waals surface area contributed by atoms with Gasteiger partial charge in [0.2, 0.25) is 0 Å². The molecule has 36 heavy (non-hydrogen) atoms. The standard InChI is InChI=1S/C26H40O3.C3H6.2C2H6/c1-23(2)19-10-13-24(3)17-9-15-26(22(28)29)12-5-6-18(26)16(17)7-8-20(24)25(19,4)14-11-21(23)27;1-3-2;2*1-2/h16-20H,5-15H2,1-4H3,(H,28,29);3H,1H2,2H3;2*1-2H3. The van der Waals surface area contributed by atoms with E-state index in [2.05, 4.69) is 34.3 Å². The first-order chi connectivity index (χ1) is 17.0. The van der Waals surface area contributed by atoms with Gasteiger partial charge in [-0.1, -0.05) is 67.9 Å². The zero-order chi connectivity index (χ0) is 27.5. The molecule has 0 radical (unpaired) electrons. The Kier molecular flexibility index (Phi) is 10.1. The molecule has 8 atom stereocenters. The number of hydrogen-bond donors (Lipinski definition) is 1. The molecule has 5 saturated carbocycles. The first-order valence-electron chi connectivity index (χ1n) is 15.3. The van der Waals surface area contributed by atoms with Crippen LogP contribution in [0.4, 0.5) is 0 Å². The fourth-order valence-electron chi connectivity index (χ4n) is 10.4. The molecule has 3 heteroatoms. The minimum Gasteiger partial charge on any atom is -0.481 e. The lowest BCUT2D eigenvalue weighted by Crippen LogP contribution is -2.62. The molecular formula is C33H58O3. The molecule has 5 aliphatic rings. The minimum atomic E-state index is -0.506. The molecule has 0 aliphatic heterocycles. The van der Waals surface area contributed by atoms with Gasteiger partial charge in [-0.05, 0) is 105 Å². The van der Waals surface area contributed by atoms with Gasteiger partial charge in [0.25, 0.3) is 0 Å². The van der Waals surface area contributed by atoms with Crippen LogP contribution in [-0.2, 0) is 9.59 Å². The number of hydrogen-bond acceptors (Lipinski definition) is 2. The van der Waals surface area contributed by atoms with E-state index in [0.717, 1.165) is 44.9 Å². The number of Topliss-reactive ketones (excluding diaryl/α,β-unsaturated/α-hetero) is 1. The van der Waals surface area contributed by atoms with Crippen molar-refractivity contribution in [2.75, 3.05) is 0 Å². The molecule has 0 aromatic heterocycles. The highest BCUT2D eigenvalue weighted by atomic mass is 16.4. The molecule has 0 spiro atoms. The first-order valence-corrected chi connectivity index (χ1v) is 15.3. The monoisotopic (exact) mass is 502 g/mol. The predicted molar refractivity (Wildman–Crippen MR) is 152 cm³/mol. The summed E-state index contributed by atoms with van der Waals surface area (Å²) in [6.07, 6.45) is 13.6. The summed E-state index contributed by atoms with van der Waals surface area (Å²) >= 11 is 0. The van der Waals surface area contributed by atoms with Crippen LogP contribution in [0.15, 0.2) is 12.7 Å². The van der Waals surface area contributed by atoms with E-state index >= 15 is 0 Å². The second-order valence-corrected chi connectivity index (χ2v) is 13.1. The van der Waals surface area contributed by atoms with Crippen LogP contribution in [0.5, 0.6) is 0 Å². The van der Waals surface area contributed by atoms with Gasteiger partial charge in [-0.15, -0.1) is 6.58 Å². The zero-order valence-electron chi connectivity index (χ0n) is 25.2. The van der Waals surface area contributed by atoms with Gasteiger partial charge in [-0.2, -0.15) is 0 Å². The van der Waals surface area contributed by atoms with Crippen molar-refractivity contribution in [3.8, 4) is 0 Å². The number of allylic oxidation sites excluding steroid dienone is 1. The summed E-state index contributed by atoms with van der Waals surface area (Å²) < 4.78 is 0. The summed E-state index contributed by atoms with van der Waals surface area (Å²) in [5.74, 6) is 2.89. The number of carboxylic acid groups (broad SMARTS) is 1.